The molecule has 21 heavy (non-hydrogen) atoms. The maximum atomic E-state index is 12.9. The fraction of sp³-hybridized carbons (Fsp3) is 0.611. The van der Waals surface area contributed by atoms with Crippen LogP contribution in [-0.4, -0.2) is 19.0 Å². The van der Waals surface area contributed by atoms with Gasteiger partial charge in [-0.25, -0.2) is 0 Å². The highest BCUT2D eigenvalue weighted by atomic mass is 16.2. The number of rotatable bonds is 6. The van der Waals surface area contributed by atoms with Gasteiger partial charge in [0.25, 0.3) is 0 Å². The fourth-order valence-corrected chi connectivity index (χ4v) is 4.46. The van der Waals surface area contributed by atoms with Gasteiger partial charge in [-0.2, -0.15) is 0 Å². The highest BCUT2D eigenvalue weighted by Crippen LogP contribution is 2.57. The van der Waals surface area contributed by atoms with Gasteiger partial charge in [0, 0.05) is 6.54 Å². The van der Waals surface area contributed by atoms with E-state index in [0.29, 0.717) is 19.0 Å². The van der Waals surface area contributed by atoms with Gasteiger partial charge in [-0.1, -0.05) is 36.8 Å². The lowest BCUT2D eigenvalue weighted by atomic mass is 9.68. The lowest BCUT2D eigenvalue weighted by Gasteiger charge is -2.36. The summed E-state index contributed by atoms with van der Waals surface area (Å²) in [4.78, 5) is 12.9. The van der Waals surface area contributed by atoms with Crippen molar-refractivity contribution < 1.29 is 4.79 Å². The molecule has 2 aliphatic rings. The van der Waals surface area contributed by atoms with Crippen LogP contribution in [-0.2, 0) is 11.2 Å². The molecule has 3 heteroatoms. The molecule has 2 aliphatic carbocycles. The number of hydrogen-bond donors (Lipinski definition) is 2. The Hall–Kier alpha value is -1.35. The molecule has 114 valence electrons. The lowest BCUT2D eigenvalue weighted by Crippen LogP contribution is -2.46. The van der Waals surface area contributed by atoms with Crippen LogP contribution in [0.5, 0.6) is 0 Å². The monoisotopic (exact) mass is 286 g/mol. The summed E-state index contributed by atoms with van der Waals surface area (Å²) in [6.07, 6.45) is 6.61. The van der Waals surface area contributed by atoms with Crippen LogP contribution in [0.15, 0.2) is 30.3 Å². The lowest BCUT2D eigenvalue weighted by molar-refractivity contribution is -0.134. The first-order valence-electron chi connectivity index (χ1n) is 8.27. The molecule has 1 aromatic carbocycles. The van der Waals surface area contributed by atoms with E-state index in [-0.39, 0.29) is 11.3 Å². The Morgan fingerprint density at radius 3 is 2.71 bits per heavy atom. The van der Waals surface area contributed by atoms with E-state index in [1.165, 1.54) is 24.8 Å². The van der Waals surface area contributed by atoms with E-state index in [1.54, 1.807) is 0 Å². The second-order valence-electron chi connectivity index (χ2n) is 6.80. The van der Waals surface area contributed by atoms with Gasteiger partial charge in [0.1, 0.15) is 0 Å². The largest absolute Gasteiger partial charge is 0.356 e. The molecule has 1 amide bonds. The van der Waals surface area contributed by atoms with E-state index in [1.807, 2.05) is 6.07 Å². The molecule has 0 aliphatic heterocycles. The predicted molar refractivity (Wildman–Crippen MR) is 84.7 cm³/mol. The average Bonchev–Trinajstić information content (AvgIpc) is 3.10. The third-order valence-electron chi connectivity index (χ3n) is 5.46. The Balaban J connectivity index is 1.77. The molecule has 3 rings (SSSR count). The Labute approximate surface area is 127 Å². The molecular formula is C18H26N2O. The highest BCUT2D eigenvalue weighted by molar-refractivity contribution is 5.84. The molecule has 3 nitrogen and oxygen atoms in total. The molecule has 0 spiro atoms. The minimum Gasteiger partial charge on any atom is -0.356 e. The first-order valence-corrected chi connectivity index (χ1v) is 8.27. The zero-order valence-corrected chi connectivity index (χ0v) is 12.7. The van der Waals surface area contributed by atoms with Crippen molar-refractivity contribution in [3.05, 3.63) is 35.9 Å². The van der Waals surface area contributed by atoms with E-state index < -0.39 is 0 Å². The number of nitrogens with two attached hydrogens (primary N) is 1. The molecule has 2 bridgehead atoms. The van der Waals surface area contributed by atoms with Crippen molar-refractivity contribution in [1.82, 2.24) is 5.32 Å². The van der Waals surface area contributed by atoms with Crippen LogP contribution >= 0.6 is 0 Å². The summed E-state index contributed by atoms with van der Waals surface area (Å²) in [5.41, 5.74) is 6.66. The second-order valence-corrected chi connectivity index (χ2v) is 6.80. The van der Waals surface area contributed by atoms with Gasteiger partial charge < -0.3 is 11.1 Å². The van der Waals surface area contributed by atoms with Crippen LogP contribution in [0.1, 0.15) is 37.7 Å². The molecule has 0 aromatic heterocycles. The van der Waals surface area contributed by atoms with Crippen molar-refractivity contribution in [2.45, 2.75) is 38.5 Å². The third-order valence-corrected chi connectivity index (χ3v) is 5.46. The van der Waals surface area contributed by atoms with Crippen molar-refractivity contribution in [2.75, 3.05) is 13.1 Å². The minimum atomic E-state index is -0.168. The maximum Gasteiger partial charge on any atom is 0.226 e. The summed E-state index contributed by atoms with van der Waals surface area (Å²) in [7, 11) is 0. The number of benzene rings is 1. The van der Waals surface area contributed by atoms with E-state index >= 15 is 0 Å². The molecular weight excluding hydrogens is 260 g/mol. The first-order chi connectivity index (χ1) is 10.2. The van der Waals surface area contributed by atoms with E-state index in [9.17, 15) is 4.79 Å². The summed E-state index contributed by atoms with van der Waals surface area (Å²) >= 11 is 0. The molecule has 3 atom stereocenters. The zero-order valence-electron chi connectivity index (χ0n) is 12.7. The van der Waals surface area contributed by atoms with Crippen molar-refractivity contribution in [1.29, 1.82) is 0 Å². The average molecular weight is 286 g/mol. The van der Waals surface area contributed by atoms with Crippen LogP contribution in [0.3, 0.4) is 0 Å². The second kappa shape index (κ2) is 6.18. The van der Waals surface area contributed by atoms with Gasteiger partial charge in [-0.3, -0.25) is 4.79 Å². The molecule has 0 heterocycles. The summed E-state index contributed by atoms with van der Waals surface area (Å²) in [5, 5.41) is 3.15. The molecule has 0 saturated heterocycles. The van der Waals surface area contributed by atoms with Crippen LogP contribution in [0.25, 0.3) is 0 Å². The molecule has 2 fully saturated rings. The summed E-state index contributed by atoms with van der Waals surface area (Å²) in [6.45, 7) is 1.35. The quantitative estimate of drug-likeness (QED) is 0.789. The van der Waals surface area contributed by atoms with Crippen molar-refractivity contribution in [3.63, 3.8) is 0 Å². The zero-order chi connectivity index (χ0) is 14.7. The van der Waals surface area contributed by atoms with E-state index in [4.69, 9.17) is 5.73 Å². The van der Waals surface area contributed by atoms with Crippen LogP contribution in [0.4, 0.5) is 0 Å². The van der Waals surface area contributed by atoms with E-state index in [0.717, 1.165) is 25.2 Å². The van der Waals surface area contributed by atoms with Crippen LogP contribution in [0.2, 0.25) is 0 Å². The van der Waals surface area contributed by atoms with E-state index in [2.05, 4.69) is 29.6 Å². The number of nitrogens with one attached hydrogen (secondary N) is 1. The number of fused-ring (bicyclic) bond motifs is 2. The van der Waals surface area contributed by atoms with Gasteiger partial charge in [-0.05, 0) is 56.0 Å². The third kappa shape index (κ3) is 2.84. The Bertz CT molecular complexity index is 487. The van der Waals surface area contributed by atoms with Gasteiger partial charge in [0.15, 0.2) is 0 Å². The maximum absolute atomic E-state index is 12.9. The van der Waals surface area contributed by atoms with Gasteiger partial charge in [-0.15, -0.1) is 0 Å². The number of amides is 1. The standard InChI is InChI=1S/C18H26N2O/c19-9-4-10-20-17(21)18(12-14-5-2-1-3-6-14)13-15-7-8-16(18)11-15/h1-3,5-6,15-16H,4,7-13,19H2,(H,20,21). The van der Waals surface area contributed by atoms with Crippen LogP contribution < -0.4 is 11.1 Å². The van der Waals surface area contributed by atoms with Crippen molar-refractivity contribution >= 4 is 5.91 Å². The van der Waals surface area contributed by atoms with Crippen LogP contribution in [0, 0.1) is 17.3 Å². The summed E-state index contributed by atoms with van der Waals surface area (Å²) < 4.78 is 0. The Morgan fingerprint density at radius 1 is 1.29 bits per heavy atom. The minimum absolute atomic E-state index is 0.168. The van der Waals surface area contributed by atoms with Gasteiger partial charge in [0.2, 0.25) is 5.91 Å². The molecule has 2 saturated carbocycles. The number of hydrogen-bond acceptors (Lipinski definition) is 2. The number of carbonyl (C=O) groups is 1. The van der Waals surface area contributed by atoms with Crippen molar-refractivity contribution in [2.24, 2.45) is 23.0 Å². The van der Waals surface area contributed by atoms with Gasteiger partial charge in [0.05, 0.1) is 5.41 Å². The SMILES string of the molecule is NCCCNC(=O)C1(Cc2ccccc2)CC2CCC1C2. The predicted octanol–water partition coefficient (Wildman–Crippen LogP) is 2.50. The van der Waals surface area contributed by atoms with Gasteiger partial charge >= 0.3 is 0 Å². The summed E-state index contributed by atoms with van der Waals surface area (Å²) in [6, 6.07) is 10.5. The molecule has 3 unspecified atom stereocenters. The summed E-state index contributed by atoms with van der Waals surface area (Å²) in [5.74, 6) is 1.60. The Kier molecular flexibility index (Phi) is 4.29. The molecule has 1 aromatic rings. The normalized spacial score (nSPS) is 30.5. The molecule has 0 radical (unpaired) electrons. The molecule has 3 N–H and O–H groups in total. The smallest absolute Gasteiger partial charge is 0.226 e. The fourth-order valence-electron chi connectivity index (χ4n) is 4.46. The topological polar surface area (TPSA) is 55.1 Å². The number of carbonyl (C=O) groups excluding carboxylic acids is 1. The Morgan fingerprint density at radius 2 is 2.10 bits per heavy atom. The highest BCUT2D eigenvalue weighted by Gasteiger charge is 2.54. The first kappa shape index (κ1) is 14.6. The van der Waals surface area contributed by atoms with Crippen molar-refractivity contribution in [3.8, 4) is 0 Å².